The van der Waals surface area contributed by atoms with E-state index in [1.54, 1.807) is 0 Å². The van der Waals surface area contributed by atoms with Gasteiger partial charge in [0.2, 0.25) is 5.91 Å². The second-order valence-electron chi connectivity index (χ2n) is 8.92. The molecule has 2 aromatic carbocycles. The average Bonchev–Trinajstić information content (AvgIpc) is 2.88. The predicted octanol–water partition coefficient (Wildman–Crippen LogP) is 4.88. The van der Waals surface area contributed by atoms with Gasteiger partial charge in [0.15, 0.2) is 0 Å². The van der Waals surface area contributed by atoms with Crippen molar-refractivity contribution in [3.8, 4) is 0 Å². The smallest absolute Gasteiger partial charge is 0.253 e. The van der Waals surface area contributed by atoms with E-state index in [1.165, 1.54) is 6.42 Å². The number of carbonyl (C=O) groups is 2. The fourth-order valence-corrected chi connectivity index (χ4v) is 4.66. The van der Waals surface area contributed by atoms with Gasteiger partial charge in [0, 0.05) is 37.6 Å². The van der Waals surface area contributed by atoms with Crippen LogP contribution in [0.15, 0.2) is 48.5 Å². The van der Waals surface area contributed by atoms with E-state index in [0.717, 1.165) is 56.8 Å². The molecule has 0 radical (unpaired) electrons. The van der Waals surface area contributed by atoms with Crippen LogP contribution in [0.1, 0.15) is 68.3 Å². The quantitative estimate of drug-likeness (QED) is 0.497. The maximum absolute atomic E-state index is 13.2. The molecular weight excluding hydrogens is 424 g/mol. The van der Waals surface area contributed by atoms with Crippen molar-refractivity contribution in [3.05, 3.63) is 59.7 Å². The zero-order valence-electron chi connectivity index (χ0n) is 21.0. The summed E-state index contributed by atoms with van der Waals surface area (Å²) < 4.78 is 0. The second-order valence-corrected chi connectivity index (χ2v) is 8.92. The SMILES string of the molecule is CCC(C(=O)Nc1ccc(N2CCCCC2)c(C(=O)NCCN(CC)CC)c1)c1ccccc1. The van der Waals surface area contributed by atoms with Gasteiger partial charge in [0.25, 0.3) is 5.91 Å². The molecular formula is C28H40N4O2. The van der Waals surface area contributed by atoms with E-state index in [0.29, 0.717) is 24.2 Å². The number of nitrogens with zero attached hydrogens (tertiary/aromatic N) is 2. The third-order valence-corrected chi connectivity index (χ3v) is 6.74. The first kappa shape index (κ1) is 25.8. The molecule has 2 amide bonds. The lowest BCUT2D eigenvalue weighted by Gasteiger charge is -2.30. The highest BCUT2D eigenvalue weighted by Crippen LogP contribution is 2.28. The molecule has 1 unspecified atom stereocenters. The van der Waals surface area contributed by atoms with Crippen molar-refractivity contribution in [2.45, 2.75) is 52.4 Å². The van der Waals surface area contributed by atoms with E-state index in [1.807, 2.05) is 55.5 Å². The van der Waals surface area contributed by atoms with E-state index >= 15 is 0 Å². The molecule has 3 rings (SSSR count). The second kappa shape index (κ2) is 13.1. The van der Waals surface area contributed by atoms with Crippen LogP contribution < -0.4 is 15.5 Å². The van der Waals surface area contributed by atoms with Crippen LogP contribution in [0.2, 0.25) is 0 Å². The number of rotatable bonds is 11. The fraction of sp³-hybridized carbons (Fsp3) is 0.500. The number of nitrogens with one attached hydrogen (secondary N) is 2. The van der Waals surface area contributed by atoms with Crippen LogP contribution in [-0.4, -0.2) is 56.0 Å². The van der Waals surface area contributed by atoms with Crippen LogP contribution in [-0.2, 0) is 4.79 Å². The predicted molar refractivity (Wildman–Crippen MR) is 141 cm³/mol. The minimum Gasteiger partial charge on any atom is -0.371 e. The van der Waals surface area contributed by atoms with Gasteiger partial charge in [-0.1, -0.05) is 51.1 Å². The number of amides is 2. The van der Waals surface area contributed by atoms with E-state index in [2.05, 4.69) is 34.3 Å². The van der Waals surface area contributed by atoms with E-state index in [-0.39, 0.29) is 17.7 Å². The van der Waals surface area contributed by atoms with Gasteiger partial charge in [-0.05, 0) is 62.5 Å². The highest BCUT2D eigenvalue weighted by atomic mass is 16.2. The topological polar surface area (TPSA) is 64.7 Å². The van der Waals surface area contributed by atoms with Gasteiger partial charge in [0.1, 0.15) is 0 Å². The summed E-state index contributed by atoms with van der Waals surface area (Å²) in [5.41, 5.74) is 3.25. The molecule has 0 spiro atoms. The minimum atomic E-state index is -0.227. The Hall–Kier alpha value is -2.86. The van der Waals surface area contributed by atoms with Crippen molar-refractivity contribution >= 4 is 23.2 Å². The molecule has 1 saturated heterocycles. The lowest BCUT2D eigenvalue weighted by Crippen LogP contribution is -2.36. The molecule has 1 fully saturated rings. The highest BCUT2D eigenvalue weighted by Gasteiger charge is 2.22. The van der Waals surface area contributed by atoms with Crippen molar-refractivity contribution < 1.29 is 9.59 Å². The maximum atomic E-state index is 13.2. The zero-order chi connectivity index (χ0) is 24.3. The number of hydrogen-bond donors (Lipinski definition) is 2. The third kappa shape index (κ3) is 6.83. The van der Waals surface area contributed by atoms with Gasteiger partial charge in [-0.15, -0.1) is 0 Å². The third-order valence-electron chi connectivity index (χ3n) is 6.74. The molecule has 0 saturated carbocycles. The summed E-state index contributed by atoms with van der Waals surface area (Å²) >= 11 is 0. The molecule has 0 bridgehead atoms. The van der Waals surface area contributed by atoms with Crippen molar-refractivity contribution in [1.29, 1.82) is 0 Å². The van der Waals surface area contributed by atoms with Gasteiger partial charge in [-0.25, -0.2) is 0 Å². The lowest BCUT2D eigenvalue weighted by molar-refractivity contribution is -0.117. The molecule has 6 heteroatoms. The Bertz CT molecular complexity index is 921. The fourth-order valence-electron chi connectivity index (χ4n) is 4.66. The summed E-state index contributed by atoms with van der Waals surface area (Å²) in [4.78, 5) is 30.9. The maximum Gasteiger partial charge on any atom is 0.253 e. The molecule has 1 heterocycles. The van der Waals surface area contributed by atoms with Crippen LogP contribution in [0.4, 0.5) is 11.4 Å². The molecule has 184 valence electrons. The number of carbonyl (C=O) groups excluding carboxylic acids is 2. The Morgan fingerprint density at radius 3 is 2.32 bits per heavy atom. The first-order valence-electron chi connectivity index (χ1n) is 12.8. The molecule has 1 aliphatic heterocycles. The normalized spacial score (nSPS) is 14.6. The molecule has 0 aromatic heterocycles. The molecule has 6 nitrogen and oxygen atoms in total. The van der Waals surface area contributed by atoms with Crippen LogP contribution in [0.25, 0.3) is 0 Å². The van der Waals surface area contributed by atoms with Gasteiger partial charge in [-0.3, -0.25) is 9.59 Å². The summed E-state index contributed by atoms with van der Waals surface area (Å²) in [6.07, 6.45) is 4.21. The average molecular weight is 465 g/mol. The Kier molecular flexibility index (Phi) is 9.95. The largest absolute Gasteiger partial charge is 0.371 e. The van der Waals surface area contributed by atoms with Crippen molar-refractivity contribution in [1.82, 2.24) is 10.2 Å². The lowest BCUT2D eigenvalue weighted by atomic mass is 9.95. The van der Waals surface area contributed by atoms with Crippen LogP contribution in [0.3, 0.4) is 0 Å². The Balaban J connectivity index is 1.79. The molecule has 34 heavy (non-hydrogen) atoms. The summed E-state index contributed by atoms with van der Waals surface area (Å²) in [6, 6.07) is 15.6. The minimum absolute atomic E-state index is 0.0488. The van der Waals surface area contributed by atoms with Crippen molar-refractivity contribution in [3.63, 3.8) is 0 Å². The summed E-state index contributed by atoms with van der Waals surface area (Å²) in [5, 5.41) is 6.16. The standard InChI is InChI=1S/C28H40N4O2/c1-4-24(22-13-9-7-10-14-22)28(34)30-23-15-16-26(32-18-11-8-12-19-32)25(21-23)27(33)29-17-20-31(5-2)6-3/h7,9-10,13-16,21,24H,4-6,8,11-12,17-20H2,1-3H3,(H,29,33)(H,30,34). The Morgan fingerprint density at radius 1 is 0.971 bits per heavy atom. The Morgan fingerprint density at radius 2 is 1.68 bits per heavy atom. The van der Waals surface area contributed by atoms with Crippen LogP contribution >= 0.6 is 0 Å². The van der Waals surface area contributed by atoms with Crippen LogP contribution in [0.5, 0.6) is 0 Å². The van der Waals surface area contributed by atoms with Crippen LogP contribution in [0, 0.1) is 0 Å². The summed E-state index contributed by atoms with van der Waals surface area (Å²) in [5.74, 6) is -0.361. The van der Waals surface area contributed by atoms with Gasteiger partial charge < -0.3 is 20.4 Å². The molecule has 1 aliphatic rings. The summed E-state index contributed by atoms with van der Waals surface area (Å²) in [6.45, 7) is 11.5. The molecule has 2 N–H and O–H groups in total. The van der Waals surface area contributed by atoms with E-state index in [9.17, 15) is 9.59 Å². The monoisotopic (exact) mass is 464 g/mol. The highest BCUT2D eigenvalue weighted by molar-refractivity contribution is 6.02. The zero-order valence-corrected chi connectivity index (χ0v) is 21.0. The first-order chi connectivity index (χ1) is 16.6. The number of likely N-dealkylation sites (N-methyl/N-ethyl adjacent to an activating group) is 1. The van der Waals surface area contributed by atoms with E-state index < -0.39 is 0 Å². The summed E-state index contributed by atoms with van der Waals surface area (Å²) in [7, 11) is 0. The van der Waals surface area contributed by atoms with E-state index in [4.69, 9.17) is 0 Å². The number of benzene rings is 2. The van der Waals surface area contributed by atoms with Gasteiger partial charge in [0.05, 0.1) is 11.5 Å². The molecule has 0 aliphatic carbocycles. The number of hydrogen-bond acceptors (Lipinski definition) is 4. The number of anilines is 2. The molecule has 2 aromatic rings. The van der Waals surface area contributed by atoms with Gasteiger partial charge in [-0.2, -0.15) is 0 Å². The first-order valence-corrected chi connectivity index (χ1v) is 12.8. The molecule has 1 atom stereocenters. The van der Waals surface area contributed by atoms with Crippen molar-refractivity contribution in [2.24, 2.45) is 0 Å². The Labute approximate surface area is 204 Å². The van der Waals surface area contributed by atoms with Crippen molar-refractivity contribution in [2.75, 3.05) is 49.5 Å². The van der Waals surface area contributed by atoms with Gasteiger partial charge >= 0.3 is 0 Å². The number of piperidine rings is 1.